The van der Waals surface area contributed by atoms with Crippen molar-refractivity contribution < 1.29 is 22.7 Å². The van der Waals surface area contributed by atoms with Crippen LogP contribution in [0.25, 0.3) is 0 Å². The third-order valence-electron chi connectivity index (χ3n) is 7.90. The molecule has 0 bridgehead atoms. The molecule has 242 valence electrons. The summed E-state index contributed by atoms with van der Waals surface area (Å²) >= 11 is 12.5. The van der Waals surface area contributed by atoms with Crippen LogP contribution in [0.5, 0.6) is 5.75 Å². The highest BCUT2D eigenvalue weighted by molar-refractivity contribution is 7.92. The maximum Gasteiger partial charge on any atom is 0.243 e. The second-order valence-electron chi connectivity index (χ2n) is 11.3. The van der Waals surface area contributed by atoms with Gasteiger partial charge in [-0.15, -0.1) is 0 Å². The molecule has 0 aromatic heterocycles. The maximum atomic E-state index is 14.1. The number of amides is 2. The average Bonchev–Trinajstić information content (AvgIpc) is 3.52. The molecule has 1 aliphatic rings. The van der Waals surface area contributed by atoms with Crippen molar-refractivity contribution in [2.24, 2.45) is 0 Å². The highest BCUT2D eigenvalue weighted by atomic mass is 35.5. The predicted molar refractivity (Wildman–Crippen MR) is 180 cm³/mol. The first-order valence-corrected chi connectivity index (χ1v) is 17.9. The van der Waals surface area contributed by atoms with Gasteiger partial charge in [0.2, 0.25) is 21.8 Å². The van der Waals surface area contributed by atoms with Crippen molar-refractivity contribution in [3.63, 3.8) is 0 Å². The zero-order valence-corrected chi connectivity index (χ0v) is 28.1. The molecule has 0 spiro atoms. The molecule has 1 atom stereocenters. The SMILES string of the molecule is CCOc1ccccc1N(CCCC(=O)N(Cc1ccc(Cl)c(Cl)c1)C(Cc1ccccc1)C(=O)NC1CCCC1)S(C)(=O)=O. The highest BCUT2D eigenvalue weighted by Crippen LogP contribution is 2.31. The lowest BCUT2D eigenvalue weighted by molar-refractivity contribution is -0.141. The number of halogens is 2. The zero-order valence-electron chi connectivity index (χ0n) is 25.8. The van der Waals surface area contributed by atoms with E-state index in [9.17, 15) is 18.0 Å². The lowest BCUT2D eigenvalue weighted by Crippen LogP contribution is -2.52. The van der Waals surface area contributed by atoms with Crippen LogP contribution in [0.4, 0.5) is 5.69 Å². The molecule has 1 unspecified atom stereocenters. The van der Waals surface area contributed by atoms with Crippen LogP contribution in [0.3, 0.4) is 0 Å². The molecule has 11 heteroatoms. The van der Waals surface area contributed by atoms with Crippen LogP contribution < -0.4 is 14.4 Å². The molecular weight excluding hydrogens is 633 g/mol. The number of para-hydroxylation sites is 2. The molecule has 1 N–H and O–H groups in total. The lowest BCUT2D eigenvalue weighted by atomic mass is 10.0. The number of carbonyl (C=O) groups excluding carboxylic acids is 2. The number of hydrogen-bond acceptors (Lipinski definition) is 5. The fourth-order valence-corrected chi connectivity index (χ4v) is 6.97. The van der Waals surface area contributed by atoms with Gasteiger partial charge in [-0.3, -0.25) is 13.9 Å². The van der Waals surface area contributed by atoms with Gasteiger partial charge < -0.3 is 15.0 Å². The first-order valence-electron chi connectivity index (χ1n) is 15.3. The van der Waals surface area contributed by atoms with E-state index in [-0.39, 0.29) is 43.8 Å². The van der Waals surface area contributed by atoms with Crippen molar-refractivity contribution in [2.45, 2.75) is 70.5 Å². The van der Waals surface area contributed by atoms with Crippen molar-refractivity contribution >= 4 is 50.7 Å². The minimum absolute atomic E-state index is 0.0200. The Balaban J connectivity index is 1.61. The number of rotatable bonds is 15. The summed E-state index contributed by atoms with van der Waals surface area (Å²) < 4.78 is 32.7. The van der Waals surface area contributed by atoms with Crippen molar-refractivity contribution in [1.29, 1.82) is 0 Å². The second-order valence-corrected chi connectivity index (χ2v) is 14.0. The van der Waals surface area contributed by atoms with E-state index in [4.69, 9.17) is 27.9 Å². The monoisotopic (exact) mass is 673 g/mol. The van der Waals surface area contributed by atoms with Gasteiger partial charge in [0.1, 0.15) is 11.8 Å². The van der Waals surface area contributed by atoms with Crippen LogP contribution in [0.15, 0.2) is 72.8 Å². The minimum Gasteiger partial charge on any atom is -0.492 e. The molecule has 1 fully saturated rings. The zero-order chi connectivity index (χ0) is 32.4. The van der Waals surface area contributed by atoms with Crippen LogP contribution in [0.2, 0.25) is 10.0 Å². The molecule has 8 nitrogen and oxygen atoms in total. The highest BCUT2D eigenvalue weighted by Gasteiger charge is 2.32. The molecule has 0 aliphatic heterocycles. The van der Waals surface area contributed by atoms with Gasteiger partial charge in [-0.25, -0.2) is 8.42 Å². The van der Waals surface area contributed by atoms with E-state index in [0.29, 0.717) is 34.5 Å². The molecule has 1 aliphatic carbocycles. The summed E-state index contributed by atoms with van der Waals surface area (Å²) in [5.41, 5.74) is 2.07. The number of benzene rings is 3. The normalized spacial score (nSPS) is 14.1. The van der Waals surface area contributed by atoms with Gasteiger partial charge in [0.15, 0.2) is 0 Å². The molecule has 0 radical (unpaired) electrons. The lowest BCUT2D eigenvalue weighted by Gasteiger charge is -2.33. The standard InChI is InChI=1S/C34H41Cl2N3O5S/c1-3-44-32-17-10-9-16-30(32)39(45(2,42)43)21-11-18-33(40)38(24-26-19-20-28(35)29(36)22-26)31(23-25-12-5-4-6-13-25)34(41)37-27-14-7-8-15-27/h4-6,9-10,12-13,16-17,19-20,22,27,31H,3,7-8,11,14-15,18,21,23-24H2,1-2H3,(H,37,41). The van der Waals surface area contributed by atoms with Crippen molar-refractivity contribution in [2.75, 3.05) is 23.7 Å². The third-order valence-corrected chi connectivity index (χ3v) is 9.81. The van der Waals surface area contributed by atoms with E-state index in [1.165, 1.54) is 4.31 Å². The van der Waals surface area contributed by atoms with E-state index >= 15 is 0 Å². The van der Waals surface area contributed by atoms with Crippen molar-refractivity contribution in [3.8, 4) is 5.75 Å². The number of nitrogens with one attached hydrogen (secondary N) is 1. The summed E-state index contributed by atoms with van der Waals surface area (Å²) in [5, 5.41) is 3.94. The smallest absolute Gasteiger partial charge is 0.243 e. The largest absolute Gasteiger partial charge is 0.492 e. The molecule has 3 aromatic rings. The number of anilines is 1. The third kappa shape index (κ3) is 9.86. The quantitative estimate of drug-likeness (QED) is 0.195. The molecule has 0 saturated heterocycles. The number of nitrogens with zero attached hydrogens (tertiary/aromatic N) is 2. The van der Waals surface area contributed by atoms with Gasteiger partial charge in [0.05, 0.1) is 28.6 Å². The van der Waals surface area contributed by atoms with E-state index in [2.05, 4.69) is 5.32 Å². The van der Waals surface area contributed by atoms with Crippen LogP contribution >= 0.6 is 23.2 Å². The molecule has 45 heavy (non-hydrogen) atoms. The molecular formula is C34H41Cl2N3O5S. The maximum absolute atomic E-state index is 14.1. The van der Waals surface area contributed by atoms with Gasteiger partial charge in [-0.1, -0.05) is 84.6 Å². The van der Waals surface area contributed by atoms with E-state index in [1.807, 2.05) is 37.3 Å². The van der Waals surface area contributed by atoms with Crippen LogP contribution in [0, 0.1) is 0 Å². The Morgan fingerprint density at radius 2 is 1.64 bits per heavy atom. The number of ether oxygens (including phenoxy) is 1. The minimum atomic E-state index is -3.68. The number of sulfonamides is 1. The first-order chi connectivity index (χ1) is 21.6. The molecule has 4 rings (SSSR count). The Labute approximate surface area is 276 Å². The van der Waals surface area contributed by atoms with Crippen LogP contribution in [-0.2, 0) is 32.6 Å². The Morgan fingerprint density at radius 3 is 2.31 bits per heavy atom. The van der Waals surface area contributed by atoms with Crippen molar-refractivity contribution in [3.05, 3.63) is 94.0 Å². The Morgan fingerprint density at radius 1 is 0.956 bits per heavy atom. The van der Waals surface area contributed by atoms with Crippen LogP contribution in [-0.4, -0.2) is 56.6 Å². The number of hydrogen-bond donors (Lipinski definition) is 1. The molecule has 0 heterocycles. The summed E-state index contributed by atoms with van der Waals surface area (Å²) in [5.74, 6) is -0.0257. The van der Waals surface area contributed by atoms with Crippen LogP contribution in [0.1, 0.15) is 56.6 Å². The fraction of sp³-hybridized carbons (Fsp3) is 0.412. The van der Waals surface area contributed by atoms with E-state index in [0.717, 1.165) is 43.1 Å². The van der Waals surface area contributed by atoms with Crippen molar-refractivity contribution in [1.82, 2.24) is 10.2 Å². The summed E-state index contributed by atoms with van der Waals surface area (Å²) in [6, 6.07) is 21.0. The van der Waals surface area contributed by atoms with E-state index in [1.54, 1.807) is 47.4 Å². The molecule has 3 aromatic carbocycles. The average molecular weight is 675 g/mol. The van der Waals surface area contributed by atoms with Gasteiger partial charge in [0, 0.05) is 32.0 Å². The Kier molecular flexibility index (Phi) is 12.6. The summed E-state index contributed by atoms with van der Waals surface area (Å²) in [4.78, 5) is 29.6. The Hall–Kier alpha value is -3.27. The van der Waals surface area contributed by atoms with Gasteiger partial charge in [-0.05, 0) is 61.6 Å². The van der Waals surface area contributed by atoms with E-state index < -0.39 is 16.1 Å². The Bertz CT molecular complexity index is 1550. The summed E-state index contributed by atoms with van der Waals surface area (Å²) in [6.07, 6.45) is 5.65. The fourth-order valence-electron chi connectivity index (χ4n) is 5.68. The van der Waals surface area contributed by atoms with Gasteiger partial charge >= 0.3 is 0 Å². The number of carbonyl (C=O) groups is 2. The second kappa shape index (κ2) is 16.3. The molecule has 2 amide bonds. The topological polar surface area (TPSA) is 96.0 Å². The summed E-state index contributed by atoms with van der Waals surface area (Å²) in [6.45, 7) is 2.40. The van der Waals surface area contributed by atoms with Gasteiger partial charge in [0.25, 0.3) is 0 Å². The molecule has 1 saturated carbocycles. The first kappa shape index (κ1) is 34.6. The van der Waals surface area contributed by atoms with Gasteiger partial charge in [-0.2, -0.15) is 0 Å². The summed E-state index contributed by atoms with van der Waals surface area (Å²) in [7, 11) is -3.68. The predicted octanol–water partition coefficient (Wildman–Crippen LogP) is 6.64.